The molecule has 0 aromatic carbocycles. The van der Waals surface area contributed by atoms with E-state index in [-0.39, 0.29) is 36.5 Å². The Morgan fingerprint density at radius 3 is 1.43 bits per heavy atom. The van der Waals surface area contributed by atoms with Gasteiger partial charge in [-0.1, -0.05) is 0 Å². The van der Waals surface area contributed by atoms with E-state index in [2.05, 4.69) is 87.2 Å². The number of pyridine rings is 3. The minimum absolute atomic E-state index is 0.0797. The highest BCUT2D eigenvalue weighted by atomic mass is 32.2. The van der Waals surface area contributed by atoms with E-state index in [4.69, 9.17) is 44.2 Å². The van der Waals surface area contributed by atoms with Crippen molar-refractivity contribution in [2.75, 3.05) is 98.8 Å². The third-order valence-electron chi connectivity index (χ3n) is 22.1. The Morgan fingerprint density at radius 2 is 0.981 bits per heavy atom. The first-order valence-corrected chi connectivity index (χ1v) is 39.9. The summed E-state index contributed by atoms with van der Waals surface area (Å²) in [5.74, 6) is 11.3. The Labute approximate surface area is 604 Å². The van der Waals surface area contributed by atoms with Gasteiger partial charge in [0.25, 0.3) is 0 Å². The lowest BCUT2D eigenvalue weighted by Gasteiger charge is -2.30. The van der Waals surface area contributed by atoms with E-state index in [1.54, 1.807) is 14.2 Å². The molecule has 0 amide bonds. The van der Waals surface area contributed by atoms with E-state index < -0.39 is 9.52 Å². The van der Waals surface area contributed by atoms with Crippen molar-refractivity contribution in [1.29, 1.82) is 0 Å². The molecule has 0 bridgehead atoms. The Bertz CT molecular complexity index is 4400. The highest BCUT2D eigenvalue weighted by molar-refractivity contribution is 8.00. The summed E-state index contributed by atoms with van der Waals surface area (Å²) < 4.78 is 40.6. The molecule has 3 atom stereocenters. The van der Waals surface area contributed by atoms with Gasteiger partial charge in [0.1, 0.15) is 23.6 Å². The molecule has 0 radical (unpaired) electrons. The van der Waals surface area contributed by atoms with Gasteiger partial charge in [0.05, 0.1) is 66.7 Å². The second-order valence-corrected chi connectivity index (χ2v) is 32.6. The van der Waals surface area contributed by atoms with Gasteiger partial charge < -0.3 is 54.7 Å². The van der Waals surface area contributed by atoms with Gasteiger partial charge in [-0.3, -0.25) is 4.21 Å². The molecule has 550 valence electrons. The average Bonchev–Trinajstić information content (AvgIpc) is 1.63. The Kier molecular flexibility index (Phi) is 23.1. The monoisotopic (exact) mass is 1420 g/mol. The molecule has 4 aliphatic carbocycles. The van der Waals surface area contributed by atoms with Crippen molar-refractivity contribution >= 4 is 55.5 Å². The number of hydrogen-bond acceptors (Lipinski definition) is 21. The van der Waals surface area contributed by atoms with Crippen molar-refractivity contribution in [3.8, 4) is 39.3 Å². The van der Waals surface area contributed by atoms with E-state index in [1.165, 1.54) is 42.5 Å². The van der Waals surface area contributed by atoms with Crippen LogP contribution in [0.5, 0.6) is 5.88 Å². The summed E-state index contributed by atoms with van der Waals surface area (Å²) in [5.41, 5.74) is 13.1. The molecule has 12 heterocycles. The maximum atomic E-state index is 12.3. The fourth-order valence-corrected chi connectivity index (χ4v) is 17.3. The zero-order valence-corrected chi connectivity index (χ0v) is 61.2. The van der Waals surface area contributed by atoms with Gasteiger partial charge >= 0.3 is 0 Å². The van der Waals surface area contributed by atoms with Gasteiger partial charge in [0, 0.05) is 160 Å². The summed E-state index contributed by atoms with van der Waals surface area (Å²) in [4.78, 5) is 32.3. The van der Waals surface area contributed by atoms with Crippen molar-refractivity contribution in [2.45, 2.75) is 197 Å². The van der Waals surface area contributed by atoms with E-state index in [1.807, 2.05) is 78.3 Å². The third-order valence-corrected chi connectivity index (χ3v) is 23.9. The van der Waals surface area contributed by atoms with Gasteiger partial charge in [0.15, 0.2) is 0 Å². The highest BCUT2D eigenvalue weighted by Gasteiger charge is 2.31. The molecular weight excluding hydrogens is 1320 g/mol. The molecule has 7 aliphatic rings. The molecule has 9 aromatic rings. The van der Waals surface area contributed by atoms with Gasteiger partial charge in [-0.15, -0.1) is 10.2 Å². The summed E-state index contributed by atoms with van der Waals surface area (Å²) in [6.45, 7) is 10.4. The number of hydrogen-bond donors (Lipinski definition) is 5. The van der Waals surface area contributed by atoms with E-state index in [0.29, 0.717) is 79.3 Å². The molecule has 5 N–H and O–H groups in total. The van der Waals surface area contributed by atoms with Crippen LogP contribution in [0, 0.1) is 5.92 Å². The second kappa shape index (κ2) is 33.0. The third kappa shape index (κ3) is 17.4. The van der Waals surface area contributed by atoms with E-state index >= 15 is 0 Å². The molecule has 3 aliphatic heterocycles. The van der Waals surface area contributed by atoms with Crippen LogP contribution < -0.4 is 25.2 Å². The fourth-order valence-electron chi connectivity index (χ4n) is 15.9. The van der Waals surface area contributed by atoms with Gasteiger partial charge in [0.2, 0.25) is 17.8 Å². The van der Waals surface area contributed by atoms with Crippen molar-refractivity contribution < 1.29 is 38.5 Å². The lowest BCUT2D eigenvalue weighted by Crippen LogP contribution is -2.40. The number of aromatic nitrogens is 12. The fraction of sp³-hybridized carbons (Fsp3) is 0.564. The normalized spacial score (nSPS) is 23.7. The summed E-state index contributed by atoms with van der Waals surface area (Å²) >= 11 is 0. The van der Waals surface area contributed by atoms with Gasteiger partial charge in [-0.05, 0) is 222 Å². The largest absolute Gasteiger partial charge is 0.474 e. The molecule has 24 nitrogen and oxygen atoms in total. The molecule has 0 spiro atoms. The topological polar surface area (TPSA) is 274 Å². The smallest absolute Gasteiger partial charge is 0.241 e. The van der Waals surface area contributed by atoms with Crippen molar-refractivity contribution in [3.05, 3.63) is 115 Å². The van der Waals surface area contributed by atoms with Crippen molar-refractivity contribution in [2.24, 2.45) is 5.92 Å². The number of aliphatic hydroxyl groups is 3. The first-order chi connectivity index (χ1) is 50.2. The molecule has 25 heteroatoms. The summed E-state index contributed by atoms with van der Waals surface area (Å²) in [7, 11) is 1.40. The number of aliphatic hydroxyl groups excluding tert-OH is 3. The maximum absolute atomic E-state index is 12.3. The van der Waals surface area contributed by atoms with Crippen LogP contribution in [0.2, 0.25) is 0 Å². The number of fused-ring (bicyclic) bond motifs is 3. The molecule has 16 rings (SSSR count). The number of rotatable bonds is 20. The van der Waals surface area contributed by atoms with Gasteiger partial charge in [-0.2, -0.15) is 5.10 Å². The predicted molar refractivity (Wildman–Crippen MR) is 404 cm³/mol. The van der Waals surface area contributed by atoms with Crippen LogP contribution >= 0.6 is 0 Å². The Morgan fingerprint density at radius 1 is 0.534 bits per heavy atom. The number of anilines is 4. The summed E-state index contributed by atoms with van der Waals surface area (Å²) in [6, 6.07) is 19.5. The van der Waals surface area contributed by atoms with Crippen LogP contribution in [0.4, 0.5) is 23.5 Å². The second-order valence-electron chi connectivity index (χ2n) is 29.9. The van der Waals surface area contributed by atoms with Crippen LogP contribution in [-0.4, -0.2) is 199 Å². The first-order valence-electron chi connectivity index (χ1n) is 37.8. The van der Waals surface area contributed by atoms with Crippen LogP contribution in [0.25, 0.3) is 49.9 Å². The molecule has 3 saturated heterocycles. The molecule has 7 fully saturated rings. The molecule has 9 aromatic heterocycles. The predicted octanol–water partition coefficient (Wildman–Crippen LogP) is 11.4. The lowest BCUT2D eigenvalue weighted by molar-refractivity contribution is 0.114. The summed E-state index contributed by atoms with van der Waals surface area (Å²) in [6.07, 6.45) is 31.0. The number of nitrogens with one attached hydrogen (secondary N) is 2. The van der Waals surface area contributed by atoms with Gasteiger partial charge in [-0.25, -0.2) is 43.5 Å². The highest BCUT2D eigenvalue weighted by Crippen LogP contribution is 2.42. The summed E-state index contributed by atoms with van der Waals surface area (Å²) in [5, 5.41) is 51.6. The van der Waals surface area contributed by atoms with Crippen LogP contribution in [0.15, 0.2) is 91.8 Å². The molecular formula is C78H104N16O8S. The molecule has 4 saturated carbocycles. The zero-order valence-electron chi connectivity index (χ0n) is 60.4. The number of nitrogens with zero attached hydrogens (tertiary/aromatic N) is 14. The SMILES string of the molecule is C=S1(=O)CCN(c2cc(-c3cc(C4CCC(O)CC4)n4nc(N[C@@H](C)COC)ncc34)ccn2)CC1.COC[C@H](C)Nc1ncc2c(-c3ccnc(OC4CCC4)c3)cc(C3CCC(O)CC3)n2n1.OC1CCC(c2cc(-c3ccnc(N4CCCCC4)c3)c3cnc(C[C@@H]4CCOC4)nn23)CC1. The zero-order chi connectivity index (χ0) is 71.0. The van der Waals surface area contributed by atoms with Crippen LogP contribution in [-0.2, 0) is 30.2 Å². The first kappa shape index (κ1) is 72.1. The minimum atomic E-state index is -1.97. The number of ether oxygens (including phenoxy) is 4. The number of piperidine rings is 1. The van der Waals surface area contributed by atoms with Crippen LogP contribution in [0.1, 0.15) is 177 Å². The minimum Gasteiger partial charge on any atom is -0.474 e. The maximum Gasteiger partial charge on any atom is 0.241 e. The lowest BCUT2D eigenvalue weighted by atomic mass is 9.85. The average molecular weight is 1430 g/mol. The Hall–Kier alpha value is -7.91. The molecule has 103 heavy (non-hydrogen) atoms. The van der Waals surface area contributed by atoms with E-state index in [9.17, 15) is 19.5 Å². The quantitative estimate of drug-likeness (QED) is 0.0444. The number of methoxy groups -OCH3 is 2. The molecule has 0 unspecified atom stereocenters. The van der Waals surface area contributed by atoms with Crippen molar-refractivity contribution in [1.82, 2.24) is 58.7 Å². The van der Waals surface area contributed by atoms with Crippen LogP contribution in [0.3, 0.4) is 0 Å². The van der Waals surface area contributed by atoms with E-state index in [0.717, 1.165) is 197 Å². The standard InChI is InChI=1S/C27H35N5O2.C26H36N6O3S.C25H33N5O3/c33-22-6-4-20(5-7-22)24-16-23(21-8-10-28-27(15-21)31-11-2-1-3-12-31)25-17-29-26(30-32(24)25)14-19-9-13-34-18-19;1-18(17-35-2)29-26-28-16-24-22(15-23(32(24)30-26)19-4-6-21(33)7-5-19)20-8-9-27-25(14-20)31-10-12-36(3,34)13-11-31;1-16(15-32-2)28-25-27-14-23-21(18-10-11-26-24(12-18)33-20-4-3-5-20)13-22(30(23)29-25)17-6-8-19(31)9-7-17/h8,10,15-17,19-20,22,33H,1-7,9,11-14,18H2;8-9,14-16,18-19,21,33H,3-7,10-13,17H2,1-2H3,(H,29,30);10-14,16-17,19-20,31H,3-9,15H2,1-2H3,(H,28,29)/t19-,20?,22?;18-,19?,21?;16-,17?,19?/m000/s1. The Balaban J connectivity index is 0.000000131. The van der Waals surface area contributed by atoms with Crippen molar-refractivity contribution in [3.63, 3.8) is 0 Å².